The fraction of sp³-hybridized carbons (Fsp3) is 0.647. The largest absolute Gasteiger partial charge is 0.384 e. The first-order valence-corrected chi connectivity index (χ1v) is 10.7. The van der Waals surface area contributed by atoms with Gasteiger partial charge in [0.2, 0.25) is 0 Å². The van der Waals surface area contributed by atoms with E-state index in [0.717, 1.165) is 45.1 Å². The van der Waals surface area contributed by atoms with Crippen molar-refractivity contribution in [1.82, 2.24) is 14.8 Å². The number of aromatic nitrogens is 1. The third-order valence-electron chi connectivity index (χ3n) is 4.92. The van der Waals surface area contributed by atoms with E-state index in [4.69, 9.17) is 4.74 Å². The van der Waals surface area contributed by atoms with Gasteiger partial charge < -0.3 is 15.0 Å². The van der Waals surface area contributed by atoms with Gasteiger partial charge >= 0.3 is 0 Å². The summed E-state index contributed by atoms with van der Waals surface area (Å²) in [5, 5.41) is 3.32. The minimum absolute atomic E-state index is 0.0345. The van der Waals surface area contributed by atoms with Crippen LogP contribution in [0.25, 0.3) is 0 Å². The number of hydrogen-bond acceptors (Lipinski definition) is 7. The summed E-state index contributed by atoms with van der Waals surface area (Å²) in [6.45, 7) is 5.12. The van der Waals surface area contributed by atoms with E-state index in [-0.39, 0.29) is 23.5 Å². The maximum atomic E-state index is 12.6. The van der Waals surface area contributed by atoms with E-state index in [9.17, 15) is 13.2 Å². The quantitative estimate of drug-likeness (QED) is 0.745. The number of anilines is 1. The van der Waals surface area contributed by atoms with Crippen LogP contribution in [-0.2, 0) is 14.6 Å². The monoisotopic (exact) mass is 382 g/mol. The molecule has 3 heterocycles. The zero-order valence-corrected chi connectivity index (χ0v) is 15.9. The van der Waals surface area contributed by atoms with Gasteiger partial charge in [-0.25, -0.2) is 8.42 Å². The normalized spacial score (nSPS) is 22.9. The maximum Gasteiger partial charge on any atom is 0.272 e. The highest BCUT2D eigenvalue weighted by Crippen LogP contribution is 2.19. The van der Waals surface area contributed by atoms with Gasteiger partial charge in [-0.3, -0.25) is 14.7 Å². The highest BCUT2D eigenvalue weighted by molar-refractivity contribution is 7.91. The predicted molar refractivity (Wildman–Crippen MR) is 99.1 cm³/mol. The third-order valence-corrected chi connectivity index (χ3v) is 6.67. The van der Waals surface area contributed by atoms with Crippen molar-refractivity contribution in [2.24, 2.45) is 0 Å². The molecule has 3 rings (SSSR count). The highest BCUT2D eigenvalue weighted by atomic mass is 32.2. The minimum atomic E-state index is -3.03. The van der Waals surface area contributed by atoms with Gasteiger partial charge in [0.25, 0.3) is 5.91 Å². The van der Waals surface area contributed by atoms with Gasteiger partial charge in [-0.15, -0.1) is 0 Å². The Bertz CT molecular complexity index is 734. The standard InChI is InChI=1S/C17H26N4O4S/c1-20(15-3-11-26(23,24)13-15)17(22)16-12-14(2-4-19-16)18-5-6-21-7-9-25-10-8-21/h2,4,12,15H,3,5-11,13H2,1H3,(H,18,19). The summed E-state index contributed by atoms with van der Waals surface area (Å²) in [5.74, 6) is -0.0672. The first kappa shape index (κ1) is 19.1. The van der Waals surface area contributed by atoms with E-state index in [1.54, 1.807) is 19.3 Å². The first-order valence-electron chi connectivity index (χ1n) is 8.92. The molecule has 2 fully saturated rings. The zero-order chi connectivity index (χ0) is 18.6. The van der Waals surface area contributed by atoms with E-state index < -0.39 is 9.84 Å². The van der Waals surface area contributed by atoms with Crippen LogP contribution in [0, 0.1) is 0 Å². The van der Waals surface area contributed by atoms with Crippen molar-refractivity contribution in [1.29, 1.82) is 0 Å². The highest BCUT2D eigenvalue weighted by Gasteiger charge is 2.33. The average molecular weight is 382 g/mol. The zero-order valence-electron chi connectivity index (χ0n) is 15.1. The van der Waals surface area contributed by atoms with Crippen molar-refractivity contribution in [2.45, 2.75) is 12.5 Å². The second-order valence-corrected chi connectivity index (χ2v) is 9.01. The molecule has 1 unspecified atom stereocenters. The molecule has 1 aromatic rings. The van der Waals surface area contributed by atoms with Crippen molar-refractivity contribution in [3.63, 3.8) is 0 Å². The van der Waals surface area contributed by atoms with Crippen molar-refractivity contribution in [3.8, 4) is 0 Å². The molecule has 1 N–H and O–H groups in total. The number of pyridine rings is 1. The van der Waals surface area contributed by atoms with E-state index >= 15 is 0 Å². The fourth-order valence-electron chi connectivity index (χ4n) is 3.27. The van der Waals surface area contributed by atoms with Gasteiger partial charge in [-0.1, -0.05) is 0 Å². The van der Waals surface area contributed by atoms with Crippen LogP contribution in [-0.4, -0.2) is 93.1 Å². The molecule has 0 radical (unpaired) electrons. The average Bonchev–Trinajstić information content (AvgIpc) is 3.01. The van der Waals surface area contributed by atoms with Gasteiger partial charge in [0.05, 0.1) is 24.7 Å². The van der Waals surface area contributed by atoms with Crippen LogP contribution in [0.1, 0.15) is 16.9 Å². The Hall–Kier alpha value is -1.71. The Morgan fingerprint density at radius 3 is 2.88 bits per heavy atom. The molecule has 0 bridgehead atoms. The molecular formula is C17H26N4O4S. The molecule has 2 aliphatic rings. The van der Waals surface area contributed by atoms with Gasteiger partial charge in [-0.05, 0) is 18.6 Å². The Labute approximate surface area is 154 Å². The van der Waals surface area contributed by atoms with Crippen LogP contribution in [0.2, 0.25) is 0 Å². The van der Waals surface area contributed by atoms with Gasteiger partial charge in [0, 0.05) is 51.2 Å². The molecule has 1 aromatic heterocycles. The summed E-state index contributed by atoms with van der Waals surface area (Å²) < 4.78 is 28.6. The number of morpholine rings is 1. The van der Waals surface area contributed by atoms with Crippen LogP contribution in [0.5, 0.6) is 0 Å². The Balaban J connectivity index is 1.55. The second-order valence-electron chi connectivity index (χ2n) is 6.78. The van der Waals surface area contributed by atoms with Gasteiger partial charge in [-0.2, -0.15) is 0 Å². The number of ether oxygens (including phenoxy) is 1. The van der Waals surface area contributed by atoms with Crippen LogP contribution >= 0.6 is 0 Å². The molecule has 2 aliphatic heterocycles. The molecule has 0 aromatic carbocycles. The second kappa shape index (κ2) is 8.32. The lowest BCUT2D eigenvalue weighted by atomic mass is 10.2. The number of hydrogen-bond donors (Lipinski definition) is 1. The minimum Gasteiger partial charge on any atom is -0.384 e. The summed E-state index contributed by atoms with van der Waals surface area (Å²) in [7, 11) is -1.38. The van der Waals surface area contributed by atoms with Crippen LogP contribution in [0.3, 0.4) is 0 Å². The predicted octanol–water partition coefficient (Wildman–Crippen LogP) is 0.0848. The molecule has 2 saturated heterocycles. The smallest absolute Gasteiger partial charge is 0.272 e. The maximum absolute atomic E-state index is 12.6. The first-order chi connectivity index (χ1) is 12.4. The summed E-state index contributed by atoms with van der Waals surface area (Å²) in [6, 6.07) is 3.28. The summed E-state index contributed by atoms with van der Waals surface area (Å²) in [5.41, 5.74) is 1.16. The van der Waals surface area contributed by atoms with Crippen molar-refractivity contribution in [2.75, 3.05) is 63.3 Å². The lowest BCUT2D eigenvalue weighted by Crippen LogP contribution is -2.39. The van der Waals surface area contributed by atoms with Gasteiger partial charge in [0.15, 0.2) is 9.84 Å². The molecule has 1 atom stereocenters. The van der Waals surface area contributed by atoms with Crippen LogP contribution < -0.4 is 5.32 Å². The SMILES string of the molecule is CN(C(=O)c1cc(NCCN2CCOCC2)ccn1)C1CCS(=O)(=O)C1. The number of carbonyl (C=O) groups is 1. The van der Waals surface area contributed by atoms with E-state index in [0.29, 0.717) is 12.1 Å². The summed E-state index contributed by atoms with van der Waals surface area (Å²) in [4.78, 5) is 20.6. The van der Waals surface area contributed by atoms with Crippen LogP contribution in [0.4, 0.5) is 5.69 Å². The molecule has 0 spiro atoms. The van der Waals surface area contributed by atoms with E-state index in [2.05, 4.69) is 15.2 Å². The Morgan fingerprint density at radius 1 is 1.42 bits per heavy atom. The molecule has 0 saturated carbocycles. The number of nitrogens with one attached hydrogen (secondary N) is 1. The van der Waals surface area contributed by atoms with E-state index in [1.165, 1.54) is 4.90 Å². The summed E-state index contributed by atoms with van der Waals surface area (Å²) in [6.07, 6.45) is 2.09. The molecule has 1 amide bonds. The fourth-order valence-corrected chi connectivity index (χ4v) is 5.04. The van der Waals surface area contributed by atoms with Gasteiger partial charge in [0.1, 0.15) is 5.69 Å². The number of rotatable bonds is 6. The number of nitrogens with zero attached hydrogens (tertiary/aromatic N) is 3. The Kier molecular flexibility index (Phi) is 6.10. The molecule has 9 heteroatoms. The third kappa shape index (κ3) is 4.93. The lowest BCUT2D eigenvalue weighted by molar-refractivity contribution is 0.0398. The molecular weight excluding hydrogens is 356 g/mol. The van der Waals surface area contributed by atoms with Crippen molar-refractivity contribution < 1.29 is 17.9 Å². The molecule has 0 aliphatic carbocycles. The van der Waals surface area contributed by atoms with Crippen molar-refractivity contribution >= 4 is 21.4 Å². The lowest BCUT2D eigenvalue weighted by Gasteiger charge is -2.26. The van der Waals surface area contributed by atoms with E-state index in [1.807, 2.05) is 6.07 Å². The molecule has 144 valence electrons. The topological polar surface area (TPSA) is 91.8 Å². The van der Waals surface area contributed by atoms with Crippen LogP contribution in [0.15, 0.2) is 18.3 Å². The summed E-state index contributed by atoms with van der Waals surface area (Å²) >= 11 is 0. The Morgan fingerprint density at radius 2 is 2.19 bits per heavy atom. The van der Waals surface area contributed by atoms with Crippen molar-refractivity contribution in [3.05, 3.63) is 24.0 Å². The number of carbonyl (C=O) groups excluding carboxylic acids is 1. The molecule has 26 heavy (non-hydrogen) atoms. The molecule has 8 nitrogen and oxygen atoms in total. The number of amides is 1. The number of sulfone groups is 1.